The quantitative estimate of drug-likeness (QED) is 0.760. The van der Waals surface area contributed by atoms with E-state index in [1.165, 1.54) is 0 Å². The molecule has 0 saturated heterocycles. The third-order valence-corrected chi connectivity index (χ3v) is 5.97. The number of fused-ring (bicyclic) bond motifs is 5. The summed E-state index contributed by atoms with van der Waals surface area (Å²) < 4.78 is 40.8. The average molecular weight is 277 g/mol. The average Bonchev–Trinajstić information content (AvgIpc) is 2.68. The van der Waals surface area contributed by atoms with Gasteiger partial charge in [0.05, 0.1) is 10.2 Å². The van der Waals surface area contributed by atoms with Crippen molar-refractivity contribution in [2.45, 2.75) is 57.4 Å². The molecular formula is C18H24O2. The van der Waals surface area contributed by atoms with Crippen molar-refractivity contribution in [3.63, 3.8) is 0 Å². The monoisotopic (exact) mass is 277 g/mol. The number of benzene rings is 1. The first kappa shape index (κ1) is 8.43. The van der Waals surface area contributed by atoms with Gasteiger partial charge in [0.2, 0.25) is 0 Å². The van der Waals surface area contributed by atoms with Crippen LogP contribution in [0, 0.1) is 17.3 Å². The second-order valence-electron chi connectivity index (χ2n) is 6.80. The number of hydrogen-bond donors (Lipinski definition) is 2. The van der Waals surface area contributed by atoms with Crippen LogP contribution < -0.4 is 0 Å². The summed E-state index contributed by atoms with van der Waals surface area (Å²) in [6, 6.07) is 1.68. The van der Waals surface area contributed by atoms with Crippen LogP contribution in [0.15, 0.2) is 18.2 Å². The molecule has 20 heavy (non-hydrogen) atoms. The van der Waals surface area contributed by atoms with Crippen molar-refractivity contribution in [1.29, 1.82) is 0 Å². The minimum absolute atomic E-state index is 0.0310. The van der Waals surface area contributed by atoms with Crippen LogP contribution in [0.4, 0.5) is 0 Å². The third-order valence-electron chi connectivity index (χ3n) is 5.97. The highest BCUT2D eigenvalue weighted by atomic mass is 16.3. The van der Waals surface area contributed by atoms with Gasteiger partial charge in [-0.3, -0.25) is 0 Å². The Bertz CT molecular complexity index is 747. The Morgan fingerprint density at radius 1 is 1.45 bits per heavy atom. The Labute approximate surface area is 127 Å². The molecule has 2 fully saturated rings. The third kappa shape index (κ3) is 1.60. The van der Waals surface area contributed by atoms with Gasteiger partial charge in [0, 0.05) is 2.74 Å². The summed E-state index contributed by atoms with van der Waals surface area (Å²) in [6.07, 6.45) is -1.18. The number of hydrogen-bond acceptors (Lipinski definition) is 2. The molecule has 0 radical (unpaired) electrons. The zero-order chi connectivity index (χ0) is 18.4. The van der Waals surface area contributed by atoms with Crippen LogP contribution in [0.5, 0.6) is 5.75 Å². The lowest BCUT2D eigenvalue weighted by atomic mass is 9.55. The molecule has 4 rings (SSSR count). The molecule has 2 nitrogen and oxygen atoms in total. The van der Waals surface area contributed by atoms with E-state index in [1.54, 1.807) is 6.07 Å². The van der Waals surface area contributed by atoms with Gasteiger partial charge < -0.3 is 10.2 Å². The first-order chi connectivity index (χ1) is 11.5. The Hall–Kier alpha value is -1.02. The second kappa shape index (κ2) is 4.24. The summed E-state index contributed by atoms with van der Waals surface area (Å²) in [4.78, 5) is 0. The fraction of sp³-hybridized carbons (Fsp3) is 0.667. The van der Waals surface area contributed by atoms with Crippen molar-refractivity contribution in [3.05, 3.63) is 29.3 Å². The highest BCUT2D eigenvalue weighted by Gasteiger charge is 2.54. The van der Waals surface area contributed by atoms with Crippen LogP contribution in [0.2, 0.25) is 0 Å². The Morgan fingerprint density at radius 2 is 2.30 bits per heavy atom. The van der Waals surface area contributed by atoms with Crippen LogP contribution in [-0.4, -0.2) is 16.3 Å². The minimum Gasteiger partial charge on any atom is -0.508 e. The van der Waals surface area contributed by atoms with Crippen LogP contribution in [0.1, 0.15) is 62.9 Å². The van der Waals surface area contributed by atoms with E-state index in [9.17, 15) is 10.2 Å². The maximum Gasteiger partial charge on any atom is 0.115 e. The molecule has 0 spiro atoms. The standard InChI is InChI=1S/C18H24O2/c1-18-9-8-14-13-5-3-12(19)10-11(13)2-4-15(14)16(18)6-7-17(18)20/h3,5,10,14-17,19-20H,2,4,6-9H2,1H3/t14-,15-,16+,17-,18+/m1/s1/i3D,7D2,10D,17D. The number of rotatable bonds is 0. The van der Waals surface area contributed by atoms with E-state index < -0.39 is 17.9 Å². The fourth-order valence-corrected chi connectivity index (χ4v) is 4.81. The minimum atomic E-state index is -2.09. The molecule has 2 N–H and O–H groups in total. The zero-order valence-corrected chi connectivity index (χ0v) is 11.7. The summed E-state index contributed by atoms with van der Waals surface area (Å²) >= 11 is 0. The summed E-state index contributed by atoms with van der Waals surface area (Å²) in [5.41, 5.74) is 0.965. The largest absolute Gasteiger partial charge is 0.508 e. The molecule has 0 aromatic heterocycles. The maximum absolute atomic E-state index is 10.7. The van der Waals surface area contributed by atoms with Gasteiger partial charge in [-0.15, -0.1) is 0 Å². The molecule has 0 aliphatic heterocycles. The number of aliphatic hydroxyl groups is 1. The van der Waals surface area contributed by atoms with Crippen LogP contribution >= 0.6 is 0 Å². The van der Waals surface area contributed by atoms with Crippen molar-refractivity contribution in [2.24, 2.45) is 17.3 Å². The number of phenols is 1. The van der Waals surface area contributed by atoms with E-state index in [4.69, 9.17) is 6.85 Å². The van der Waals surface area contributed by atoms with Gasteiger partial charge in [0.1, 0.15) is 5.75 Å². The van der Waals surface area contributed by atoms with Gasteiger partial charge in [-0.2, -0.15) is 0 Å². The number of phenolic OH excluding ortho intramolecular Hbond substituents is 1. The molecule has 1 aromatic rings. The summed E-state index contributed by atoms with van der Waals surface area (Å²) in [6.45, 7) is 1.85. The van der Waals surface area contributed by atoms with Gasteiger partial charge >= 0.3 is 0 Å². The molecule has 3 aliphatic carbocycles. The first-order valence-corrected chi connectivity index (χ1v) is 7.55. The van der Waals surface area contributed by atoms with Gasteiger partial charge in [-0.1, -0.05) is 13.0 Å². The SMILES string of the molecule is [2H]c1cc2c(c([2H])c1O)CC[C@@H]1[C@@H]2CC[C@@]2(C)[C@H]1CC([2H])([2H])[C@@]2([2H])O. The van der Waals surface area contributed by atoms with E-state index in [0.29, 0.717) is 19.3 Å². The molecule has 0 heterocycles. The molecule has 1 aromatic carbocycles. The number of aromatic hydroxyl groups is 1. The molecule has 108 valence electrons. The molecule has 0 amide bonds. The molecular weight excluding hydrogens is 248 g/mol. The van der Waals surface area contributed by atoms with Gasteiger partial charge in [0.25, 0.3) is 0 Å². The first-order valence-electron chi connectivity index (χ1n) is 10.1. The van der Waals surface area contributed by atoms with Gasteiger partial charge in [0.15, 0.2) is 0 Å². The van der Waals surface area contributed by atoms with E-state index >= 15 is 0 Å². The summed E-state index contributed by atoms with van der Waals surface area (Å²) in [7, 11) is 0. The topological polar surface area (TPSA) is 40.5 Å². The lowest BCUT2D eigenvalue weighted by Crippen LogP contribution is -2.43. The molecule has 5 atom stereocenters. The van der Waals surface area contributed by atoms with E-state index in [1.807, 2.05) is 6.92 Å². The highest BCUT2D eigenvalue weighted by Crippen LogP contribution is 2.60. The Kier molecular flexibility index (Phi) is 1.79. The maximum atomic E-state index is 10.7. The molecule has 0 unspecified atom stereocenters. The van der Waals surface area contributed by atoms with E-state index in [2.05, 4.69) is 0 Å². The zero-order valence-electron chi connectivity index (χ0n) is 16.7. The van der Waals surface area contributed by atoms with E-state index in [0.717, 1.165) is 17.5 Å². The van der Waals surface area contributed by atoms with Crippen molar-refractivity contribution in [3.8, 4) is 5.75 Å². The predicted molar refractivity (Wildman–Crippen MR) is 78.7 cm³/mol. The molecule has 3 aliphatic rings. The second-order valence-corrected chi connectivity index (χ2v) is 6.80. The Balaban J connectivity index is 1.79. The van der Waals surface area contributed by atoms with Crippen molar-refractivity contribution in [2.75, 3.05) is 0 Å². The van der Waals surface area contributed by atoms with Crippen molar-refractivity contribution >= 4 is 0 Å². The van der Waals surface area contributed by atoms with E-state index in [-0.39, 0.29) is 42.0 Å². The highest BCUT2D eigenvalue weighted by molar-refractivity contribution is 5.40. The van der Waals surface area contributed by atoms with Gasteiger partial charge in [-0.25, -0.2) is 0 Å². The van der Waals surface area contributed by atoms with Crippen molar-refractivity contribution < 1.29 is 17.1 Å². The lowest BCUT2D eigenvalue weighted by molar-refractivity contribution is -0.0226. The van der Waals surface area contributed by atoms with Crippen LogP contribution in [0.25, 0.3) is 0 Å². The normalized spacial score (nSPS) is 52.5. The summed E-state index contributed by atoms with van der Waals surface area (Å²) in [5, 5.41) is 20.6. The predicted octanol–water partition coefficient (Wildman–Crippen LogP) is 3.61. The van der Waals surface area contributed by atoms with Crippen molar-refractivity contribution in [1.82, 2.24) is 0 Å². The van der Waals surface area contributed by atoms with Crippen LogP contribution in [0.3, 0.4) is 0 Å². The lowest BCUT2D eigenvalue weighted by Gasteiger charge is -2.50. The molecule has 0 bridgehead atoms. The molecule has 2 heteroatoms. The summed E-state index contributed by atoms with van der Waals surface area (Å²) in [5.74, 6) is -0.103. The van der Waals surface area contributed by atoms with Crippen LogP contribution in [-0.2, 0) is 6.42 Å². The molecule has 2 saturated carbocycles. The fourth-order valence-electron chi connectivity index (χ4n) is 4.81. The smallest absolute Gasteiger partial charge is 0.115 e. The van der Waals surface area contributed by atoms with Gasteiger partial charge in [-0.05, 0) is 84.9 Å². The Morgan fingerprint density at radius 3 is 3.15 bits per heavy atom.